The number of carbonyl (C=O) groups is 1. The minimum atomic E-state index is -0.167. The first-order chi connectivity index (χ1) is 13.1. The number of rotatable bonds is 4. The molecule has 1 atom stereocenters. The van der Waals surface area contributed by atoms with Crippen molar-refractivity contribution in [2.24, 2.45) is 0 Å². The lowest BCUT2D eigenvalue weighted by Gasteiger charge is -2.23. The van der Waals surface area contributed by atoms with Crippen molar-refractivity contribution < 1.29 is 18.6 Å². The summed E-state index contributed by atoms with van der Waals surface area (Å²) in [6, 6.07) is 9.12. The summed E-state index contributed by atoms with van der Waals surface area (Å²) in [6.07, 6.45) is 1.81. The largest absolute Gasteiger partial charge is 0.497 e. The third-order valence-corrected chi connectivity index (χ3v) is 5.02. The zero-order chi connectivity index (χ0) is 19.0. The zero-order valence-corrected chi connectivity index (χ0v) is 15.6. The van der Waals surface area contributed by atoms with Crippen LogP contribution in [0.3, 0.4) is 0 Å². The third-order valence-electron chi connectivity index (χ3n) is 5.02. The smallest absolute Gasteiger partial charge is 0.293 e. The maximum absolute atomic E-state index is 13.1. The lowest BCUT2D eigenvalue weighted by molar-refractivity contribution is 0.0692. The predicted octanol–water partition coefficient (Wildman–Crippen LogP) is 3.93. The minimum Gasteiger partial charge on any atom is -0.497 e. The molecule has 3 aromatic rings. The number of hydrogen-bond donors (Lipinski definition) is 0. The fraction of sp³-hybridized carbons (Fsp3) is 0.350. The molecule has 4 rings (SSSR count). The summed E-state index contributed by atoms with van der Waals surface area (Å²) >= 11 is 0. The van der Waals surface area contributed by atoms with Crippen LogP contribution in [0.4, 0.5) is 0 Å². The summed E-state index contributed by atoms with van der Waals surface area (Å²) in [4.78, 5) is 14.9. The topological polar surface area (TPSA) is 81.6 Å². The number of methoxy groups -OCH3 is 1. The van der Waals surface area contributed by atoms with Crippen LogP contribution in [0.5, 0.6) is 5.75 Å². The molecular weight excluding hydrogens is 346 g/mol. The second-order valence-electron chi connectivity index (χ2n) is 6.70. The normalized spacial score (nSPS) is 16.7. The van der Waals surface area contributed by atoms with E-state index >= 15 is 0 Å². The summed E-state index contributed by atoms with van der Waals surface area (Å²) < 4.78 is 15.9. The number of hydrogen-bond acceptors (Lipinski definition) is 6. The lowest BCUT2D eigenvalue weighted by Crippen LogP contribution is -2.30. The van der Waals surface area contributed by atoms with Gasteiger partial charge in [0.05, 0.1) is 18.8 Å². The molecular formula is C20H21N3O4. The van der Waals surface area contributed by atoms with Gasteiger partial charge in [0.1, 0.15) is 17.2 Å². The second-order valence-corrected chi connectivity index (χ2v) is 6.70. The molecule has 1 saturated heterocycles. The van der Waals surface area contributed by atoms with Gasteiger partial charge in [-0.3, -0.25) is 4.79 Å². The van der Waals surface area contributed by atoms with Gasteiger partial charge in [-0.2, -0.15) is 0 Å². The number of benzene rings is 1. The number of nitrogens with zero attached hydrogens (tertiary/aromatic N) is 3. The molecule has 1 fully saturated rings. The van der Waals surface area contributed by atoms with E-state index in [9.17, 15) is 4.79 Å². The molecule has 27 heavy (non-hydrogen) atoms. The summed E-state index contributed by atoms with van der Waals surface area (Å²) in [6.45, 7) is 4.45. The van der Waals surface area contributed by atoms with E-state index in [0.717, 1.165) is 41.2 Å². The Morgan fingerprint density at radius 2 is 2.07 bits per heavy atom. The highest BCUT2D eigenvalue weighted by molar-refractivity contribution is 5.93. The molecule has 1 aliphatic heterocycles. The third kappa shape index (κ3) is 3.09. The fourth-order valence-electron chi connectivity index (χ4n) is 3.71. The van der Waals surface area contributed by atoms with Gasteiger partial charge in [0, 0.05) is 23.7 Å². The van der Waals surface area contributed by atoms with Crippen LogP contribution in [0.2, 0.25) is 0 Å². The molecule has 0 unspecified atom stereocenters. The molecule has 1 amide bonds. The van der Waals surface area contributed by atoms with Crippen LogP contribution in [0.1, 0.15) is 46.5 Å². The number of aromatic nitrogens is 2. The Hall–Kier alpha value is -3.09. The SMILES string of the molecule is COc1cccc(-c2cc(C(=O)N3CCC[C@@H]3c3c(C)noc3C)on2)c1. The number of likely N-dealkylation sites (tertiary alicyclic amines) is 1. The minimum absolute atomic E-state index is 0.0471. The van der Waals surface area contributed by atoms with E-state index in [4.69, 9.17) is 13.8 Å². The number of carbonyl (C=O) groups excluding carboxylic acids is 1. The van der Waals surface area contributed by atoms with Gasteiger partial charge in [-0.1, -0.05) is 22.4 Å². The number of ether oxygens (including phenoxy) is 1. The summed E-state index contributed by atoms with van der Waals surface area (Å²) in [5.41, 5.74) is 3.26. The number of amides is 1. The molecule has 3 heterocycles. The van der Waals surface area contributed by atoms with Crippen molar-refractivity contribution in [2.75, 3.05) is 13.7 Å². The first kappa shape index (κ1) is 17.3. The predicted molar refractivity (Wildman–Crippen MR) is 97.5 cm³/mol. The van der Waals surface area contributed by atoms with Gasteiger partial charge >= 0.3 is 0 Å². The molecule has 0 bridgehead atoms. The Morgan fingerprint density at radius 3 is 2.81 bits per heavy atom. The highest BCUT2D eigenvalue weighted by atomic mass is 16.5. The van der Waals surface area contributed by atoms with E-state index in [2.05, 4.69) is 10.3 Å². The molecule has 140 valence electrons. The maximum atomic E-state index is 13.1. The Kier molecular flexibility index (Phi) is 4.43. The standard InChI is InChI=1S/C20H21N3O4/c1-12-19(13(2)26-21-12)17-8-5-9-23(17)20(24)18-11-16(22-27-18)14-6-4-7-15(10-14)25-3/h4,6-7,10-11,17H,5,8-9H2,1-3H3/t17-/m1/s1. The van der Waals surface area contributed by atoms with Gasteiger partial charge in [-0.05, 0) is 38.8 Å². The van der Waals surface area contributed by atoms with Crippen molar-refractivity contribution in [3.8, 4) is 17.0 Å². The van der Waals surface area contributed by atoms with Crippen LogP contribution in [0.25, 0.3) is 11.3 Å². The van der Waals surface area contributed by atoms with Gasteiger partial charge in [-0.15, -0.1) is 0 Å². The molecule has 0 radical (unpaired) electrons. The maximum Gasteiger partial charge on any atom is 0.293 e. The van der Waals surface area contributed by atoms with Crippen molar-refractivity contribution in [3.63, 3.8) is 0 Å². The van der Waals surface area contributed by atoms with Gasteiger partial charge in [-0.25, -0.2) is 0 Å². The van der Waals surface area contributed by atoms with E-state index in [1.54, 1.807) is 13.2 Å². The zero-order valence-electron chi connectivity index (χ0n) is 15.6. The van der Waals surface area contributed by atoms with Crippen molar-refractivity contribution in [1.82, 2.24) is 15.2 Å². The summed E-state index contributed by atoms with van der Waals surface area (Å²) in [5.74, 6) is 1.54. The van der Waals surface area contributed by atoms with Crippen molar-refractivity contribution >= 4 is 5.91 Å². The quantitative estimate of drug-likeness (QED) is 0.695. The molecule has 1 aromatic carbocycles. The second kappa shape index (κ2) is 6.90. The molecule has 7 nitrogen and oxygen atoms in total. The van der Waals surface area contributed by atoms with E-state index < -0.39 is 0 Å². The van der Waals surface area contributed by atoms with E-state index in [1.807, 2.05) is 43.0 Å². The van der Waals surface area contributed by atoms with Crippen LogP contribution in [-0.4, -0.2) is 34.8 Å². The highest BCUT2D eigenvalue weighted by Gasteiger charge is 2.35. The van der Waals surface area contributed by atoms with Gasteiger partial charge < -0.3 is 18.7 Å². The van der Waals surface area contributed by atoms with Crippen molar-refractivity contribution in [2.45, 2.75) is 32.7 Å². The highest BCUT2D eigenvalue weighted by Crippen LogP contribution is 2.36. The van der Waals surface area contributed by atoms with Crippen LogP contribution in [0, 0.1) is 13.8 Å². The Labute approximate surface area is 156 Å². The summed E-state index contributed by atoms with van der Waals surface area (Å²) in [5, 5.41) is 8.10. The van der Waals surface area contributed by atoms with Crippen molar-refractivity contribution in [3.05, 3.63) is 53.1 Å². The van der Waals surface area contributed by atoms with E-state index in [-0.39, 0.29) is 17.7 Å². The average molecular weight is 367 g/mol. The molecule has 7 heteroatoms. The van der Waals surface area contributed by atoms with Crippen LogP contribution < -0.4 is 4.74 Å². The fourth-order valence-corrected chi connectivity index (χ4v) is 3.71. The number of aryl methyl sites for hydroxylation is 2. The average Bonchev–Trinajstić information content (AvgIpc) is 3.41. The lowest BCUT2D eigenvalue weighted by atomic mass is 10.0. The van der Waals surface area contributed by atoms with Gasteiger partial charge in [0.15, 0.2) is 0 Å². The molecule has 2 aromatic heterocycles. The van der Waals surface area contributed by atoms with Crippen molar-refractivity contribution in [1.29, 1.82) is 0 Å². The van der Waals surface area contributed by atoms with E-state index in [0.29, 0.717) is 12.2 Å². The molecule has 1 aliphatic rings. The Balaban J connectivity index is 1.60. The first-order valence-electron chi connectivity index (χ1n) is 8.93. The Morgan fingerprint density at radius 1 is 1.22 bits per heavy atom. The molecule has 0 saturated carbocycles. The summed E-state index contributed by atoms with van der Waals surface area (Å²) in [7, 11) is 1.61. The molecule has 0 N–H and O–H groups in total. The molecule has 0 aliphatic carbocycles. The van der Waals surface area contributed by atoms with Gasteiger partial charge in [0.2, 0.25) is 5.76 Å². The van der Waals surface area contributed by atoms with Crippen LogP contribution in [0.15, 0.2) is 39.4 Å². The first-order valence-corrected chi connectivity index (χ1v) is 8.93. The van der Waals surface area contributed by atoms with Gasteiger partial charge in [0.25, 0.3) is 5.91 Å². The Bertz CT molecular complexity index is 956. The van der Waals surface area contributed by atoms with Crippen LogP contribution >= 0.6 is 0 Å². The van der Waals surface area contributed by atoms with E-state index in [1.165, 1.54) is 0 Å². The monoisotopic (exact) mass is 367 g/mol. The van der Waals surface area contributed by atoms with Crippen LogP contribution in [-0.2, 0) is 0 Å². The molecule has 0 spiro atoms.